The first-order chi connectivity index (χ1) is 6.31. The normalized spacial score (nSPS) is 10.9. The van der Waals surface area contributed by atoms with Gasteiger partial charge in [0.2, 0.25) is 4.73 Å². The third kappa shape index (κ3) is 1.57. The second-order valence-electron chi connectivity index (χ2n) is 2.71. The zero-order valence-electron chi connectivity index (χ0n) is 7.16. The predicted octanol–water partition coefficient (Wildman–Crippen LogP) is 1.21. The molecule has 5 heteroatoms. The predicted molar refractivity (Wildman–Crippen MR) is 53.5 cm³/mol. The summed E-state index contributed by atoms with van der Waals surface area (Å²) in [4.78, 5) is 4.26. The molecule has 0 spiro atoms. The zero-order valence-corrected chi connectivity index (χ0v) is 8.74. The molecule has 0 saturated heterocycles. The van der Waals surface area contributed by atoms with Crippen molar-refractivity contribution in [3.63, 3.8) is 0 Å². The summed E-state index contributed by atoms with van der Waals surface area (Å²) >= 11 is 3.25. The van der Waals surface area contributed by atoms with E-state index in [1.807, 2.05) is 25.4 Å². The Morgan fingerprint density at radius 3 is 3.23 bits per heavy atom. The van der Waals surface area contributed by atoms with Crippen molar-refractivity contribution in [2.75, 3.05) is 7.05 Å². The fraction of sp³-hybridized carbons (Fsp3) is 0.250. The highest BCUT2D eigenvalue weighted by Gasteiger charge is 2.04. The molecule has 0 bridgehead atoms. The first-order valence-corrected chi connectivity index (χ1v) is 4.75. The number of hydrogen-bond donors (Lipinski definition) is 1. The molecule has 68 valence electrons. The Labute approximate surface area is 84.1 Å². The Hall–Kier alpha value is -0.940. The molecule has 0 fully saturated rings. The summed E-state index contributed by atoms with van der Waals surface area (Å²) in [5.41, 5.74) is 2.03. The van der Waals surface area contributed by atoms with Crippen molar-refractivity contribution < 1.29 is 0 Å². The van der Waals surface area contributed by atoms with Gasteiger partial charge in [-0.1, -0.05) is 6.07 Å². The van der Waals surface area contributed by atoms with Crippen LogP contribution >= 0.6 is 15.9 Å². The van der Waals surface area contributed by atoms with E-state index < -0.39 is 0 Å². The van der Waals surface area contributed by atoms with Gasteiger partial charge in [0.25, 0.3) is 0 Å². The SMILES string of the molecule is CNCc1cccn2nc(Br)nc12. The third-order valence-electron chi connectivity index (χ3n) is 1.78. The van der Waals surface area contributed by atoms with Gasteiger partial charge in [0.1, 0.15) is 0 Å². The van der Waals surface area contributed by atoms with Crippen molar-refractivity contribution in [3.05, 3.63) is 28.6 Å². The molecule has 0 atom stereocenters. The molecular formula is C8H9BrN4. The van der Waals surface area contributed by atoms with Gasteiger partial charge in [-0.2, -0.15) is 0 Å². The van der Waals surface area contributed by atoms with Crippen LogP contribution in [0.25, 0.3) is 5.65 Å². The molecule has 2 aromatic heterocycles. The second-order valence-corrected chi connectivity index (χ2v) is 3.42. The number of pyridine rings is 1. The molecule has 0 aromatic carbocycles. The molecule has 0 aliphatic rings. The van der Waals surface area contributed by atoms with E-state index in [-0.39, 0.29) is 0 Å². The Morgan fingerprint density at radius 2 is 2.46 bits per heavy atom. The summed E-state index contributed by atoms with van der Waals surface area (Å²) in [6, 6.07) is 3.99. The Morgan fingerprint density at radius 1 is 1.62 bits per heavy atom. The minimum absolute atomic E-state index is 0.621. The molecule has 0 radical (unpaired) electrons. The van der Waals surface area contributed by atoms with E-state index in [1.54, 1.807) is 4.52 Å². The minimum Gasteiger partial charge on any atom is -0.316 e. The number of fused-ring (bicyclic) bond motifs is 1. The first-order valence-electron chi connectivity index (χ1n) is 3.95. The van der Waals surface area contributed by atoms with Crippen LogP contribution in [0, 0.1) is 0 Å². The van der Waals surface area contributed by atoms with Gasteiger partial charge in [0, 0.05) is 18.3 Å². The maximum Gasteiger partial charge on any atom is 0.218 e. The van der Waals surface area contributed by atoms with Gasteiger partial charge in [-0.3, -0.25) is 0 Å². The van der Waals surface area contributed by atoms with Gasteiger partial charge < -0.3 is 5.32 Å². The Kier molecular flexibility index (Phi) is 2.28. The fourth-order valence-electron chi connectivity index (χ4n) is 1.26. The first kappa shape index (κ1) is 8.65. The molecule has 0 amide bonds. The molecule has 1 N–H and O–H groups in total. The van der Waals surface area contributed by atoms with Crippen molar-refractivity contribution in [3.8, 4) is 0 Å². The molecule has 0 unspecified atom stereocenters. The number of rotatable bonds is 2. The van der Waals surface area contributed by atoms with Gasteiger partial charge in [0.15, 0.2) is 5.65 Å². The second kappa shape index (κ2) is 3.43. The molecule has 13 heavy (non-hydrogen) atoms. The zero-order chi connectivity index (χ0) is 9.26. The molecule has 0 aliphatic heterocycles. The number of aromatic nitrogens is 3. The monoisotopic (exact) mass is 240 g/mol. The van der Waals surface area contributed by atoms with Crippen LogP contribution in [-0.4, -0.2) is 21.6 Å². The highest BCUT2D eigenvalue weighted by Crippen LogP contribution is 2.11. The smallest absolute Gasteiger partial charge is 0.218 e. The summed E-state index contributed by atoms with van der Waals surface area (Å²) in [5, 5.41) is 7.24. The van der Waals surface area contributed by atoms with Gasteiger partial charge in [-0.15, -0.1) is 5.10 Å². The van der Waals surface area contributed by atoms with Crippen LogP contribution in [0.1, 0.15) is 5.56 Å². The van der Waals surface area contributed by atoms with Crippen molar-refractivity contribution in [2.45, 2.75) is 6.54 Å². The van der Waals surface area contributed by atoms with Gasteiger partial charge in [-0.25, -0.2) is 9.50 Å². The van der Waals surface area contributed by atoms with Crippen molar-refractivity contribution in [1.82, 2.24) is 19.9 Å². The van der Waals surface area contributed by atoms with Crippen LogP contribution in [0.3, 0.4) is 0 Å². The maximum atomic E-state index is 4.26. The number of halogens is 1. The van der Waals surface area contributed by atoms with E-state index in [2.05, 4.69) is 31.3 Å². The lowest BCUT2D eigenvalue weighted by Gasteiger charge is -1.99. The highest BCUT2D eigenvalue weighted by atomic mass is 79.9. The summed E-state index contributed by atoms with van der Waals surface area (Å²) in [6.45, 7) is 0.801. The Balaban J connectivity index is 2.60. The van der Waals surface area contributed by atoms with Crippen LogP contribution in [0.4, 0.5) is 0 Å². The van der Waals surface area contributed by atoms with Gasteiger partial charge in [-0.05, 0) is 29.0 Å². The standard InChI is InChI=1S/C8H9BrN4/c1-10-5-6-3-2-4-13-7(6)11-8(9)12-13/h2-4,10H,5H2,1H3. The molecule has 2 heterocycles. The van der Waals surface area contributed by atoms with Crippen molar-refractivity contribution in [1.29, 1.82) is 0 Å². The molecule has 0 aliphatic carbocycles. The Bertz CT molecular complexity index is 423. The van der Waals surface area contributed by atoms with E-state index in [0.29, 0.717) is 4.73 Å². The molecular weight excluding hydrogens is 232 g/mol. The largest absolute Gasteiger partial charge is 0.316 e. The van der Waals surface area contributed by atoms with E-state index in [9.17, 15) is 0 Å². The minimum atomic E-state index is 0.621. The summed E-state index contributed by atoms with van der Waals surface area (Å²) in [6.07, 6.45) is 1.88. The summed E-state index contributed by atoms with van der Waals surface area (Å²) in [5.74, 6) is 0. The lowest BCUT2D eigenvalue weighted by molar-refractivity contribution is 0.812. The topological polar surface area (TPSA) is 42.2 Å². The molecule has 2 aromatic rings. The number of hydrogen-bond acceptors (Lipinski definition) is 3. The average molecular weight is 241 g/mol. The average Bonchev–Trinajstić information content (AvgIpc) is 2.47. The van der Waals surface area contributed by atoms with Crippen LogP contribution < -0.4 is 5.32 Å². The highest BCUT2D eigenvalue weighted by molar-refractivity contribution is 9.10. The molecule has 4 nitrogen and oxygen atoms in total. The van der Waals surface area contributed by atoms with E-state index >= 15 is 0 Å². The van der Waals surface area contributed by atoms with Gasteiger partial charge in [0.05, 0.1) is 0 Å². The van der Waals surface area contributed by atoms with E-state index in [0.717, 1.165) is 17.8 Å². The number of nitrogens with zero attached hydrogens (tertiary/aromatic N) is 3. The van der Waals surface area contributed by atoms with Crippen LogP contribution in [0.15, 0.2) is 23.1 Å². The maximum absolute atomic E-state index is 4.26. The lowest BCUT2D eigenvalue weighted by Crippen LogP contribution is -2.06. The lowest BCUT2D eigenvalue weighted by atomic mass is 10.3. The van der Waals surface area contributed by atoms with Gasteiger partial charge >= 0.3 is 0 Å². The van der Waals surface area contributed by atoms with Crippen LogP contribution in [0.5, 0.6) is 0 Å². The third-order valence-corrected chi connectivity index (χ3v) is 2.12. The van der Waals surface area contributed by atoms with E-state index in [1.165, 1.54) is 0 Å². The summed E-state index contributed by atoms with van der Waals surface area (Å²) in [7, 11) is 1.91. The quantitative estimate of drug-likeness (QED) is 0.859. The molecule has 0 saturated carbocycles. The van der Waals surface area contributed by atoms with Crippen molar-refractivity contribution in [2.24, 2.45) is 0 Å². The number of nitrogens with one attached hydrogen (secondary N) is 1. The van der Waals surface area contributed by atoms with Crippen molar-refractivity contribution >= 4 is 21.6 Å². The molecule has 2 rings (SSSR count). The summed E-state index contributed by atoms with van der Waals surface area (Å²) < 4.78 is 2.38. The fourth-order valence-corrected chi connectivity index (χ4v) is 1.60. The van der Waals surface area contributed by atoms with Crippen LogP contribution in [-0.2, 0) is 6.54 Å². The van der Waals surface area contributed by atoms with E-state index in [4.69, 9.17) is 0 Å². The van der Waals surface area contributed by atoms with Crippen LogP contribution in [0.2, 0.25) is 0 Å².